The van der Waals surface area contributed by atoms with Crippen LogP contribution in [0.4, 0.5) is 5.69 Å². The first-order valence-corrected chi connectivity index (χ1v) is 6.88. The molecule has 1 aromatic carbocycles. The van der Waals surface area contributed by atoms with Crippen LogP contribution in [0.5, 0.6) is 0 Å². The number of Topliss-reactive ketones (excluding diaryl/α,β-unsaturated/α-hetero) is 1. The zero-order chi connectivity index (χ0) is 14.2. The lowest BCUT2D eigenvalue weighted by atomic mass is 9.84. The number of hydrogen-bond acceptors (Lipinski definition) is 2. The first-order valence-electron chi connectivity index (χ1n) is 6.88. The third-order valence-corrected chi connectivity index (χ3v) is 3.96. The molecule has 102 valence electrons. The minimum atomic E-state index is -0.556. The molecular formula is C16H21NO2. The number of nitrogens with one attached hydrogen (secondary N) is 1. The summed E-state index contributed by atoms with van der Waals surface area (Å²) in [5.74, 6) is 0.199. The van der Waals surface area contributed by atoms with E-state index in [1.807, 2.05) is 39.0 Å². The van der Waals surface area contributed by atoms with Crippen LogP contribution in [0.15, 0.2) is 18.2 Å². The van der Waals surface area contributed by atoms with Gasteiger partial charge in [-0.2, -0.15) is 0 Å². The Balaban J connectivity index is 2.35. The molecule has 0 saturated carbocycles. The van der Waals surface area contributed by atoms with Crippen LogP contribution in [-0.2, 0) is 10.2 Å². The summed E-state index contributed by atoms with van der Waals surface area (Å²) in [6, 6.07) is 5.53. The summed E-state index contributed by atoms with van der Waals surface area (Å²) >= 11 is 0. The minimum absolute atomic E-state index is 0.00583. The predicted octanol–water partition coefficient (Wildman–Crippen LogP) is 3.54. The maximum Gasteiger partial charge on any atom is 0.234 e. The van der Waals surface area contributed by atoms with Gasteiger partial charge in [0.1, 0.15) is 0 Å². The van der Waals surface area contributed by atoms with Gasteiger partial charge in [-0.1, -0.05) is 20.3 Å². The number of fused-ring (bicyclic) bond motifs is 1. The van der Waals surface area contributed by atoms with Gasteiger partial charge >= 0.3 is 0 Å². The van der Waals surface area contributed by atoms with E-state index in [4.69, 9.17) is 0 Å². The summed E-state index contributed by atoms with van der Waals surface area (Å²) in [6.45, 7) is 7.82. The van der Waals surface area contributed by atoms with E-state index < -0.39 is 5.41 Å². The van der Waals surface area contributed by atoms with Gasteiger partial charge in [-0.15, -0.1) is 0 Å². The van der Waals surface area contributed by atoms with E-state index in [1.54, 1.807) is 0 Å². The average molecular weight is 259 g/mol. The molecule has 0 fully saturated rings. The summed E-state index contributed by atoms with van der Waals surface area (Å²) in [5.41, 5.74) is 1.91. The molecule has 0 bridgehead atoms. The average Bonchev–Trinajstić information content (AvgIpc) is 2.59. The number of benzene rings is 1. The maximum atomic E-state index is 12.3. The van der Waals surface area contributed by atoms with Crippen LogP contribution >= 0.6 is 0 Å². The molecule has 0 aliphatic carbocycles. The molecule has 3 nitrogen and oxygen atoms in total. The van der Waals surface area contributed by atoms with Gasteiger partial charge in [-0.25, -0.2) is 0 Å². The van der Waals surface area contributed by atoms with Gasteiger partial charge in [0.2, 0.25) is 5.91 Å². The van der Waals surface area contributed by atoms with E-state index in [1.165, 1.54) is 0 Å². The van der Waals surface area contributed by atoms with Crippen LogP contribution in [0.3, 0.4) is 0 Å². The summed E-state index contributed by atoms with van der Waals surface area (Å²) in [7, 11) is 0. The lowest BCUT2D eigenvalue weighted by Gasteiger charge is -2.16. The largest absolute Gasteiger partial charge is 0.325 e. The van der Waals surface area contributed by atoms with Crippen molar-refractivity contribution in [1.82, 2.24) is 0 Å². The van der Waals surface area contributed by atoms with E-state index >= 15 is 0 Å². The Morgan fingerprint density at radius 2 is 2.05 bits per heavy atom. The third kappa shape index (κ3) is 2.29. The number of carbonyl (C=O) groups is 2. The Bertz CT molecular complexity index is 532. The second-order valence-electron chi connectivity index (χ2n) is 5.89. The van der Waals surface area contributed by atoms with Crippen molar-refractivity contribution in [3.63, 3.8) is 0 Å². The Morgan fingerprint density at radius 3 is 2.68 bits per heavy atom. The summed E-state index contributed by atoms with van der Waals surface area (Å²) in [5, 5.41) is 2.86. The van der Waals surface area contributed by atoms with Crippen LogP contribution in [0.1, 0.15) is 56.5 Å². The molecule has 0 spiro atoms. The topological polar surface area (TPSA) is 46.2 Å². The molecule has 1 atom stereocenters. The molecule has 3 heteroatoms. The van der Waals surface area contributed by atoms with Crippen molar-refractivity contribution >= 4 is 17.4 Å². The van der Waals surface area contributed by atoms with Crippen molar-refractivity contribution < 1.29 is 9.59 Å². The number of hydrogen-bond donors (Lipinski definition) is 1. The highest BCUT2D eigenvalue weighted by molar-refractivity contribution is 6.07. The summed E-state index contributed by atoms with van der Waals surface area (Å²) in [4.78, 5) is 24.2. The zero-order valence-electron chi connectivity index (χ0n) is 12.0. The molecule has 0 aromatic heterocycles. The number of amides is 1. The molecular weight excluding hydrogens is 238 g/mol. The zero-order valence-corrected chi connectivity index (χ0v) is 12.0. The Labute approximate surface area is 114 Å². The van der Waals surface area contributed by atoms with Crippen LogP contribution in [0.2, 0.25) is 0 Å². The van der Waals surface area contributed by atoms with E-state index in [9.17, 15) is 9.59 Å². The van der Waals surface area contributed by atoms with Gasteiger partial charge in [0, 0.05) is 17.2 Å². The van der Waals surface area contributed by atoms with Gasteiger partial charge in [-0.3, -0.25) is 9.59 Å². The number of ketones is 1. The molecule has 1 heterocycles. The van der Waals surface area contributed by atoms with E-state index in [-0.39, 0.29) is 17.6 Å². The maximum absolute atomic E-state index is 12.3. The van der Waals surface area contributed by atoms with Gasteiger partial charge in [-0.05, 0) is 44.0 Å². The van der Waals surface area contributed by atoms with E-state index in [2.05, 4.69) is 12.2 Å². The van der Waals surface area contributed by atoms with Gasteiger partial charge in [0.15, 0.2) is 5.78 Å². The molecule has 0 saturated heterocycles. The van der Waals surface area contributed by atoms with Crippen LogP contribution in [0, 0.1) is 5.92 Å². The van der Waals surface area contributed by atoms with Crippen molar-refractivity contribution in [2.24, 2.45) is 5.92 Å². The molecule has 1 aliphatic rings. The monoisotopic (exact) mass is 259 g/mol. The number of anilines is 1. The molecule has 2 rings (SSSR count). The first-order chi connectivity index (χ1) is 8.87. The molecule has 1 amide bonds. The fourth-order valence-electron chi connectivity index (χ4n) is 2.57. The lowest BCUT2D eigenvalue weighted by molar-refractivity contribution is -0.119. The number of carbonyl (C=O) groups excluding carboxylic acids is 2. The Hall–Kier alpha value is -1.64. The summed E-state index contributed by atoms with van der Waals surface area (Å²) in [6.07, 6.45) is 1.90. The lowest BCUT2D eigenvalue weighted by Crippen LogP contribution is -2.27. The third-order valence-electron chi connectivity index (χ3n) is 3.96. The Morgan fingerprint density at radius 1 is 1.37 bits per heavy atom. The second-order valence-corrected chi connectivity index (χ2v) is 5.89. The van der Waals surface area contributed by atoms with Crippen molar-refractivity contribution in [3.8, 4) is 0 Å². The van der Waals surface area contributed by atoms with Gasteiger partial charge in [0.25, 0.3) is 0 Å². The highest BCUT2D eigenvalue weighted by Crippen LogP contribution is 2.38. The first kappa shape index (κ1) is 13.8. The SMILES string of the molecule is CCCC(C)C(=O)c1ccc2c(c1)C(C)(C)C(=O)N2. The molecule has 1 aromatic rings. The van der Waals surface area contributed by atoms with Gasteiger partial charge < -0.3 is 5.32 Å². The summed E-state index contributed by atoms with van der Waals surface area (Å²) < 4.78 is 0. The van der Waals surface area contributed by atoms with E-state index in [0.29, 0.717) is 5.56 Å². The normalized spacial score (nSPS) is 17.8. The van der Waals surface area contributed by atoms with Crippen molar-refractivity contribution in [1.29, 1.82) is 0 Å². The van der Waals surface area contributed by atoms with Crippen molar-refractivity contribution in [2.75, 3.05) is 5.32 Å². The highest BCUT2D eigenvalue weighted by atomic mass is 16.2. The van der Waals surface area contributed by atoms with E-state index in [0.717, 1.165) is 24.1 Å². The smallest absolute Gasteiger partial charge is 0.234 e. The molecule has 1 unspecified atom stereocenters. The highest BCUT2D eigenvalue weighted by Gasteiger charge is 2.38. The minimum Gasteiger partial charge on any atom is -0.325 e. The quantitative estimate of drug-likeness (QED) is 0.841. The molecule has 1 aliphatic heterocycles. The predicted molar refractivity (Wildman–Crippen MR) is 76.5 cm³/mol. The van der Waals surface area contributed by atoms with Gasteiger partial charge in [0.05, 0.1) is 5.41 Å². The van der Waals surface area contributed by atoms with Crippen molar-refractivity contribution in [3.05, 3.63) is 29.3 Å². The number of rotatable bonds is 4. The van der Waals surface area contributed by atoms with Crippen molar-refractivity contribution in [2.45, 2.75) is 46.0 Å². The van der Waals surface area contributed by atoms with Crippen LogP contribution < -0.4 is 5.32 Å². The molecule has 1 N–H and O–H groups in total. The second kappa shape index (κ2) is 4.80. The Kier molecular flexibility index (Phi) is 3.48. The fraction of sp³-hybridized carbons (Fsp3) is 0.500. The molecule has 19 heavy (non-hydrogen) atoms. The van der Waals surface area contributed by atoms with Crippen LogP contribution in [0.25, 0.3) is 0 Å². The fourth-order valence-corrected chi connectivity index (χ4v) is 2.57. The standard InChI is InChI=1S/C16H21NO2/c1-5-6-10(2)14(18)11-7-8-13-12(9-11)16(3,4)15(19)17-13/h7-10H,5-6H2,1-4H3,(H,17,19). The molecule has 0 radical (unpaired) electrons. The van der Waals surface area contributed by atoms with Crippen LogP contribution in [-0.4, -0.2) is 11.7 Å².